The Kier molecular flexibility index (Phi) is 3.56. The highest BCUT2D eigenvalue weighted by Gasteiger charge is 2.34. The molecule has 0 bridgehead atoms. The van der Waals surface area contributed by atoms with Crippen LogP contribution in [0.4, 0.5) is 0 Å². The average molecular weight is 275 g/mol. The number of halogens is 2. The smallest absolute Gasteiger partial charge is 0.253 e. The van der Waals surface area contributed by atoms with Gasteiger partial charge in [0.2, 0.25) is 0 Å². The fourth-order valence-electron chi connectivity index (χ4n) is 1.65. The zero-order valence-corrected chi connectivity index (χ0v) is 10.6. The summed E-state index contributed by atoms with van der Waals surface area (Å²) in [4.78, 5) is 15.5. The molecule has 0 unspecified atom stereocenters. The van der Waals surface area contributed by atoms with Crippen molar-refractivity contribution in [2.75, 3.05) is 6.54 Å². The maximum atomic E-state index is 11.7. The second-order valence-corrected chi connectivity index (χ2v) is 5.02. The van der Waals surface area contributed by atoms with E-state index in [1.165, 1.54) is 12.3 Å². The van der Waals surface area contributed by atoms with Crippen LogP contribution in [0.25, 0.3) is 0 Å². The predicted molar refractivity (Wildman–Crippen MR) is 65.4 cm³/mol. The van der Waals surface area contributed by atoms with Crippen molar-refractivity contribution in [2.45, 2.75) is 24.9 Å². The molecule has 2 rings (SSSR count). The Morgan fingerprint density at radius 1 is 1.53 bits per heavy atom. The Morgan fingerprint density at radius 3 is 2.76 bits per heavy atom. The largest absolute Gasteiger partial charge is 0.388 e. The third-order valence-corrected chi connectivity index (χ3v) is 3.61. The first-order chi connectivity index (χ1) is 8.00. The number of nitrogens with one attached hydrogen (secondary N) is 1. The standard InChI is InChI=1S/C11H12Cl2N2O2/c12-8-4-7(5-14-9(8)13)10(16)15-6-11(17)2-1-3-11/h4-5,17H,1-3,6H2,(H,15,16). The summed E-state index contributed by atoms with van der Waals surface area (Å²) >= 11 is 11.4. The highest BCUT2D eigenvalue weighted by Crippen LogP contribution is 2.30. The molecule has 4 nitrogen and oxygen atoms in total. The Balaban J connectivity index is 1.97. The Labute approximate surface area is 109 Å². The highest BCUT2D eigenvalue weighted by atomic mass is 35.5. The lowest BCUT2D eigenvalue weighted by Gasteiger charge is -2.36. The summed E-state index contributed by atoms with van der Waals surface area (Å²) in [5, 5.41) is 12.9. The average Bonchev–Trinajstić information content (AvgIpc) is 2.27. The first-order valence-electron chi connectivity index (χ1n) is 5.32. The van der Waals surface area contributed by atoms with E-state index in [-0.39, 0.29) is 22.6 Å². The van der Waals surface area contributed by atoms with Gasteiger partial charge in [-0.15, -0.1) is 0 Å². The molecular formula is C11H12Cl2N2O2. The molecule has 1 saturated carbocycles. The van der Waals surface area contributed by atoms with Gasteiger partial charge >= 0.3 is 0 Å². The van der Waals surface area contributed by atoms with E-state index in [0.717, 1.165) is 19.3 Å². The summed E-state index contributed by atoms with van der Waals surface area (Å²) in [7, 11) is 0. The molecule has 1 amide bonds. The molecule has 1 aliphatic rings. The highest BCUT2D eigenvalue weighted by molar-refractivity contribution is 6.41. The molecule has 1 aliphatic carbocycles. The minimum Gasteiger partial charge on any atom is -0.388 e. The van der Waals surface area contributed by atoms with Gasteiger partial charge in [0.05, 0.1) is 16.2 Å². The maximum absolute atomic E-state index is 11.7. The van der Waals surface area contributed by atoms with E-state index in [4.69, 9.17) is 23.2 Å². The topological polar surface area (TPSA) is 62.2 Å². The van der Waals surface area contributed by atoms with Crippen LogP contribution in [0, 0.1) is 0 Å². The number of hydrogen-bond donors (Lipinski definition) is 2. The lowest BCUT2D eigenvalue weighted by molar-refractivity contribution is -0.0300. The zero-order valence-electron chi connectivity index (χ0n) is 9.04. The van der Waals surface area contributed by atoms with Crippen LogP contribution in [0.2, 0.25) is 10.2 Å². The van der Waals surface area contributed by atoms with E-state index < -0.39 is 5.60 Å². The Bertz CT molecular complexity index is 447. The van der Waals surface area contributed by atoms with E-state index in [9.17, 15) is 9.90 Å². The number of aromatic nitrogens is 1. The second kappa shape index (κ2) is 4.80. The normalized spacial score (nSPS) is 17.4. The molecule has 1 aromatic rings. The lowest BCUT2D eigenvalue weighted by atomic mass is 9.80. The van der Waals surface area contributed by atoms with Gasteiger partial charge in [0.1, 0.15) is 5.15 Å². The summed E-state index contributed by atoms with van der Waals surface area (Å²) in [5.74, 6) is -0.309. The first-order valence-corrected chi connectivity index (χ1v) is 6.07. The molecular weight excluding hydrogens is 263 g/mol. The molecule has 0 saturated heterocycles. The third-order valence-electron chi connectivity index (χ3n) is 2.92. The minimum absolute atomic E-state index is 0.167. The van der Waals surface area contributed by atoms with Crippen molar-refractivity contribution in [3.05, 3.63) is 28.0 Å². The third kappa shape index (κ3) is 2.89. The second-order valence-electron chi connectivity index (χ2n) is 4.26. The van der Waals surface area contributed by atoms with Gasteiger partial charge in [-0.3, -0.25) is 4.79 Å². The predicted octanol–water partition coefficient (Wildman–Crippen LogP) is 2.03. The van der Waals surface area contributed by atoms with Crippen molar-refractivity contribution < 1.29 is 9.90 Å². The van der Waals surface area contributed by atoms with E-state index >= 15 is 0 Å². The van der Waals surface area contributed by atoms with Gasteiger partial charge in [0, 0.05) is 12.7 Å². The number of hydrogen-bond acceptors (Lipinski definition) is 3. The summed E-state index contributed by atoms with van der Waals surface area (Å²) in [6.45, 7) is 0.256. The Morgan fingerprint density at radius 2 is 2.24 bits per heavy atom. The maximum Gasteiger partial charge on any atom is 0.253 e. The number of carbonyl (C=O) groups is 1. The van der Waals surface area contributed by atoms with Gasteiger partial charge in [0.15, 0.2) is 0 Å². The van der Waals surface area contributed by atoms with Crippen molar-refractivity contribution >= 4 is 29.1 Å². The van der Waals surface area contributed by atoms with Gasteiger partial charge in [-0.2, -0.15) is 0 Å². The molecule has 1 fully saturated rings. The van der Waals surface area contributed by atoms with Crippen LogP contribution in [0.3, 0.4) is 0 Å². The summed E-state index contributed by atoms with van der Waals surface area (Å²) < 4.78 is 0. The summed E-state index contributed by atoms with van der Waals surface area (Å²) in [5.41, 5.74) is -0.401. The molecule has 17 heavy (non-hydrogen) atoms. The number of rotatable bonds is 3. The summed E-state index contributed by atoms with van der Waals surface area (Å²) in [6, 6.07) is 1.46. The number of carbonyl (C=O) groups excluding carboxylic acids is 1. The molecule has 0 atom stereocenters. The van der Waals surface area contributed by atoms with Gasteiger partial charge < -0.3 is 10.4 Å². The number of aliphatic hydroxyl groups is 1. The van der Waals surface area contributed by atoms with E-state index in [0.29, 0.717) is 5.56 Å². The number of amides is 1. The van der Waals surface area contributed by atoms with Crippen molar-refractivity contribution in [3.8, 4) is 0 Å². The fourth-order valence-corrected chi connectivity index (χ4v) is 1.92. The van der Waals surface area contributed by atoms with Crippen LogP contribution in [-0.2, 0) is 0 Å². The zero-order chi connectivity index (χ0) is 12.5. The lowest BCUT2D eigenvalue weighted by Crippen LogP contribution is -2.47. The van der Waals surface area contributed by atoms with Gasteiger partial charge in [-0.05, 0) is 25.3 Å². The van der Waals surface area contributed by atoms with E-state index in [2.05, 4.69) is 10.3 Å². The molecule has 1 heterocycles. The molecule has 0 aliphatic heterocycles. The molecule has 2 N–H and O–H groups in total. The Hall–Kier alpha value is -0.840. The van der Waals surface area contributed by atoms with Crippen molar-refractivity contribution in [1.29, 1.82) is 0 Å². The molecule has 1 aromatic heterocycles. The molecule has 0 spiro atoms. The van der Waals surface area contributed by atoms with Gasteiger partial charge in [-0.25, -0.2) is 4.98 Å². The van der Waals surface area contributed by atoms with Crippen LogP contribution in [0.15, 0.2) is 12.3 Å². The molecule has 0 radical (unpaired) electrons. The van der Waals surface area contributed by atoms with E-state index in [1.54, 1.807) is 0 Å². The van der Waals surface area contributed by atoms with Gasteiger partial charge in [-0.1, -0.05) is 23.2 Å². The summed E-state index contributed by atoms with van der Waals surface area (Å²) in [6.07, 6.45) is 3.81. The minimum atomic E-state index is -0.737. The first kappa shape index (κ1) is 12.6. The van der Waals surface area contributed by atoms with Crippen LogP contribution in [0.5, 0.6) is 0 Å². The molecule has 0 aromatic carbocycles. The van der Waals surface area contributed by atoms with Gasteiger partial charge in [0.25, 0.3) is 5.91 Å². The van der Waals surface area contributed by atoms with Crippen LogP contribution in [0.1, 0.15) is 29.6 Å². The number of pyridine rings is 1. The van der Waals surface area contributed by atoms with Crippen LogP contribution < -0.4 is 5.32 Å². The monoisotopic (exact) mass is 274 g/mol. The van der Waals surface area contributed by atoms with Crippen molar-refractivity contribution in [3.63, 3.8) is 0 Å². The SMILES string of the molecule is O=C(NCC1(O)CCC1)c1cnc(Cl)c(Cl)c1. The number of nitrogens with zero attached hydrogens (tertiary/aromatic N) is 1. The van der Waals surface area contributed by atoms with E-state index in [1.807, 2.05) is 0 Å². The quantitative estimate of drug-likeness (QED) is 0.830. The van der Waals surface area contributed by atoms with Crippen molar-refractivity contribution in [1.82, 2.24) is 10.3 Å². The van der Waals surface area contributed by atoms with Crippen LogP contribution >= 0.6 is 23.2 Å². The fraction of sp³-hybridized carbons (Fsp3) is 0.455. The van der Waals surface area contributed by atoms with Crippen LogP contribution in [-0.4, -0.2) is 28.1 Å². The molecule has 92 valence electrons. The molecule has 6 heteroatoms. The van der Waals surface area contributed by atoms with Crippen molar-refractivity contribution in [2.24, 2.45) is 0 Å².